The predicted octanol–water partition coefficient (Wildman–Crippen LogP) is 3.85. The van der Waals surface area contributed by atoms with Gasteiger partial charge in [-0.25, -0.2) is 9.97 Å². The summed E-state index contributed by atoms with van der Waals surface area (Å²) in [5.41, 5.74) is 1.75. The predicted molar refractivity (Wildman–Crippen MR) is 146 cm³/mol. The lowest BCUT2D eigenvalue weighted by atomic mass is 10.1. The molecule has 188 valence electrons. The Labute approximate surface area is 215 Å². The topological polar surface area (TPSA) is 81.9 Å². The molecular weight excluding hydrogens is 472 g/mol. The van der Waals surface area contributed by atoms with Crippen LogP contribution >= 0.6 is 11.3 Å². The van der Waals surface area contributed by atoms with E-state index >= 15 is 0 Å². The lowest BCUT2D eigenvalue weighted by Gasteiger charge is -2.36. The summed E-state index contributed by atoms with van der Waals surface area (Å²) in [4.78, 5) is 29.2. The van der Waals surface area contributed by atoms with Crippen molar-refractivity contribution in [3.8, 4) is 11.3 Å². The van der Waals surface area contributed by atoms with Gasteiger partial charge in [-0.2, -0.15) is 4.52 Å². The second kappa shape index (κ2) is 9.77. The van der Waals surface area contributed by atoms with Crippen LogP contribution in [0.4, 0.5) is 16.8 Å². The number of pyridine rings is 1. The van der Waals surface area contributed by atoms with Gasteiger partial charge in [-0.05, 0) is 32.9 Å². The molecule has 4 heterocycles. The number of anilines is 3. The molecule has 0 atom stereocenters. The molecule has 1 aliphatic rings. The van der Waals surface area contributed by atoms with Crippen molar-refractivity contribution in [3.05, 3.63) is 54.7 Å². The molecule has 3 aromatic heterocycles. The maximum Gasteiger partial charge on any atom is 0.242 e. The van der Waals surface area contributed by atoms with Crippen LogP contribution in [0.15, 0.2) is 54.7 Å². The second-order valence-electron chi connectivity index (χ2n) is 10.0. The molecule has 9 nitrogen and oxygen atoms in total. The van der Waals surface area contributed by atoms with Crippen LogP contribution in [0.1, 0.15) is 20.8 Å². The van der Waals surface area contributed by atoms with Crippen LogP contribution in [-0.4, -0.2) is 75.7 Å². The van der Waals surface area contributed by atoms with E-state index in [1.807, 2.05) is 57.8 Å². The van der Waals surface area contributed by atoms with Gasteiger partial charge in [0, 0.05) is 50.5 Å². The van der Waals surface area contributed by atoms with Gasteiger partial charge < -0.3 is 20.0 Å². The van der Waals surface area contributed by atoms with Gasteiger partial charge in [0.2, 0.25) is 16.0 Å². The number of piperazine rings is 1. The number of nitrogens with zero attached hydrogens (tertiary/aromatic N) is 7. The number of fused-ring (bicyclic) bond motifs is 1. The lowest BCUT2D eigenvalue weighted by molar-refractivity contribution is -0.129. The van der Waals surface area contributed by atoms with Gasteiger partial charge in [0.15, 0.2) is 5.82 Å². The molecule has 1 fully saturated rings. The Balaban J connectivity index is 1.30. The number of aromatic nitrogens is 4. The molecule has 0 saturated carbocycles. The summed E-state index contributed by atoms with van der Waals surface area (Å²) in [7, 11) is 1.91. The van der Waals surface area contributed by atoms with Gasteiger partial charge in [0.1, 0.15) is 11.5 Å². The van der Waals surface area contributed by atoms with Gasteiger partial charge in [-0.3, -0.25) is 4.79 Å². The zero-order valence-corrected chi connectivity index (χ0v) is 22.0. The molecule has 0 spiro atoms. The van der Waals surface area contributed by atoms with Crippen molar-refractivity contribution in [2.24, 2.45) is 0 Å². The molecule has 1 amide bonds. The van der Waals surface area contributed by atoms with Crippen molar-refractivity contribution >= 4 is 39.0 Å². The van der Waals surface area contributed by atoms with E-state index in [2.05, 4.69) is 48.1 Å². The van der Waals surface area contributed by atoms with E-state index in [-0.39, 0.29) is 18.0 Å². The first-order chi connectivity index (χ1) is 17.3. The van der Waals surface area contributed by atoms with E-state index in [0.717, 1.165) is 46.1 Å². The van der Waals surface area contributed by atoms with Crippen LogP contribution < -0.4 is 15.1 Å². The minimum Gasteiger partial charge on any atom is -0.364 e. The van der Waals surface area contributed by atoms with Crippen molar-refractivity contribution in [2.45, 2.75) is 26.3 Å². The molecule has 0 bridgehead atoms. The minimum atomic E-state index is -0.164. The van der Waals surface area contributed by atoms with E-state index in [4.69, 9.17) is 10.1 Å². The second-order valence-corrected chi connectivity index (χ2v) is 11.0. The molecule has 0 aliphatic carbocycles. The van der Waals surface area contributed by atoms with Crippen LogP contribution in [0.5, 0.6) is 0 Å². The summed E-state index contributed by atoms with van der Waals surface area (Å²) >= 11 is 1.49. The van der Waals surface area contributed by atoms with E-state index in [0.29, 0.717) is 13.1 Å². The quantitative estimate of drug-likeness (QED) is 0.427. The fourth-order valence-electron chi connectivity index (χ4n) is 4.25. The molecule has 10 heteroatoms. The molecule has 1 aromatic carbocycles. The molecule has 5 rings (SSSR count). The molecule has 0 radical (unpaired) electrons. The van der Waals surface area contributed by atoms with Crippen LogP contribution in [0.3, 0.4) is 0 Å². The number of carbonyl (C=O) groups is 1. The van der Waals surface area contributed by atoms with Crippen LogP contribution in [0, 0.1) is 0 Å². The first-order valence-corrected chi connectivity index (χ1v) is 13.0. The Kier molecular flexibility index (Phi) is 6.53. The maximum atomic E-state index is 13.1. The summed E-state index contributed by atoms with van der Waals surface area (Å²) < 4.78 is 1.86. The van der Waals surface area contributed by atoms with E-state index in [1.54, 1.807) is 6.20 Å². The number of carbonyl (C=O) groups excluding carboxylic acids is 1. The average molecular weight is 505 g/mol. The standard InChI is InChI=1S/C26H32N8OS/c1-26(2,3)29-23-22(19-10-6-5-7-11-19)28-24-34(23)30-25(36-24)31(4)18-21(35)33-16-14-32(15-17-33)20-12-8-9-13-27-20/h5-13,29H,14-18H2,1-4H3. The third kappa shape index (κ3) is 5.13. The van der Waals surface area contributed by atoms with Crippen LogP contribution in [-0.2, 0) is 4.79 Å². The summed E-state index contributed by atoms with van der Waals surface area (Å²) in [6, 6.07) is 16.1. The molecule has 36 heavy (non-hydrogen) atoms. The van der Waals surface area contributed by atoms with E-state index in [1.165, 1.54) is 11.3 Å². The monoisotopic (exact) mass is 504 g/mol. The van der Waals surface area contributed by atoms with Crippen LogP contribution in [0.25, 0.3) is 16.2 Å². The molecule has 1 N–H and O–H groups in total. The van der Waals surface area contributed by atoms with E-state index < -0.39 is 0 Å². The SMILES string of the molecule is CN(CC(=O)N1CCN(c2ccccn2)CC1)c1nn2c(NC(C)(C)C)c(-c3ccccc3)nc2s1. The molecule has 1 saturated heterocycles. The third-order valence-corrected chi connectivity index (χ3v) is 7.06. The van der Waals surface area contributed by atoms with Crippen molar-refractivity contribution < 1.29 is 4.79 Å². The fraction of sp³-hybridized carbons (Fsp3) is 0.385. The number of likely N-dealkylation sites (N-methyl/N-ethyl adjacent to an activating group) is 1. The van der Waals surface area contributed by atoms with Crippen molar-refractivity contribution in [3.63, 3.8) is 0 Å². The molecule has 0 unspecified atom stereocenters. The number of hydrogen-bond acceptors (Lipinski definition) is 8. The van der Waals surface area contributed by atoms with Gasteiger partial charge >= 0.3 is 0 Å². The van der Waals surface area contributed by atoms with Gasteiger partial charge in [0.25, 0.3) is 0 Å². The molecule has 1 aliphatic heterocycles. The summed E-state index contributed by atoms with van der Waals surface area (Å²) in [5, 5.41) is 9.18. The first kappa shape index (κ1) is 24.1. The highest BCUT2D eigenvalue weighted by atomic mass is 32.1. The smallest absolute Gasteiger partial charge is 0.242 e. The first-order valence-electron chi connectivity index (χ1n) is 12.2. The number of hydrogen-bond donors (Lipinski definition) is 1. The van der Waals surface area contributed by atoms with Crippen LogP contribution in [0.2, 0.25) is 0 Å². The number of benzene rings is 1. The Morgan fingerprint density at radius 3 is 2.44 bits per heavy atom. The maximum absolute atomic E-state index is 13.1. The summed E-state index contributed by atoms with van der Waals surface area (Å²) in [5.74, 6) is 1.92. The highest BCUT2D eigenvalue weighted by Gasteiger charge is 2.26. The van der Waals surface area contributed by atoms with Crippen molar-refractivity contribution in [2.75, 3.05) is 54.9 Å². The molecular formula is C26H32N8OS. The molecule has 4 aromatic rings. The number of nitrogens with one attached hydrogen (secondary N) is 1. The van der Waals surface area contributed by atoms with Crippen molar-refractivity contribution in [1.29, 1.82) is 0 Å². The van der Waals surface area contributed by atoms with Crippen molar-refractivity contribution in [1.82, 2.24) is 24.5 Å². The Bertz CT molecular complexity index is 1320. The average Bonchev–Trinajstić information content (AvgIpc) is 3.44. The highest BCUT2D eigenvalue weighted by Crippen LogP contribution is 2.34. The van der Waals surface area contributed by atoms with Gasteiger partial charge in [-0.1, -0.05) is 47.7 Å². The summed E-state index contributed by atoms with van der Waals surface area (Å²) in [6.45, 7) is 9.55. The number of imidazole rings is 1. The minimum absolute atomic E-state index is 0.101. The Morgan fingerprint density at radius 1 is 1.06 bits per heavy atom. The number of amides is 1. The zero-order valence-electron chi connectivity index (χ0n) is 21.2. The lowest BCUT2D eigenvalue weighted by Crippen LogP contribution is -2.51. The Hall–Kier alpha value is -3.66. The van der Waals surface area contributed by atoms with Gasteiger partial charge in [-0.15, -0.1) is 5.10 Å². The number of rotatable bonds is 6. The third-order valence-electron chi connectivity index (χ3n) is 6.04. The largest absolute Gasteiger partial charge is 0.364 e. The zero-order chi connectivity index (χ0) is 25.3. The fourth-order valence-corrected chi connectivity index (χ4v) is 5.12. The Morgan fingerprint density at radius 2 is 1.78 bits per heavy atom. The normalized spacial score (nSPS) is 14.3. The highest BCUT2D eigenvalue weighted by molar-refractivity contribution is 7.20. The van der Waals surface area contributed by atoms with Gasteiger partial charge in [0.05, 0.1) is 6.54 Å². The van der Waals surface area contributed by atoms with E-state index in [9.17, 15) is 4.79 Å². The summed E-state index contributed by atoms with van der Waals surface area (Å²) in [6.07, 6.45) is 1.80.